The van der Waals surface area contributed by atoms with E-state index < -0.39 is 50.7 Å². The molecule has 1 aromatic heterocycles. The average molecular weight is 441 g/mol. The number of nitrogens with one attached hydrogen (secondary N) is 2. The highest BCUT2D eigenvalue weighted by atomic mass is 32.3. The van der Waals surface area contributed by atoms with Gasteiger partial charge >= 0.3 is 15.9 Å². The van der Waals surface area contributed by atoms with Crippen LogP contribution in [-0.2, 0) is 15.0 Å². The third-order valence-corrected chi connectivity index (χ3v) is 5.61. The summed E-state index contributed by atoms with van der Waals surface area (Å²) in [5.74, 6) is -0.505. The molecule has 1 aromatic carbocycles. The monoisotopic (exact) mass is 441 g/mol. The number of hydrogen-bond acceptors (Lipinski definition) is 7. The van der Waals surface area contributed by atoms with E-state index in [9.17, 15) is 31.8 Å². The Hall–Kier alpha value is -2.83. The molecule has 0 bridgehead atoms. The van der Waals surface area contributed by atoms with Gasteiger partial charge in [-0.3, -0.25) is 19.1 Å². The number of aromatic amines is 1. The Morgan fingerprint density at radius 1 is 1.33 bits per heavy atom. The summed E-state index contributed by atoms with van der Waals surface area (Å²) < 4.78 is 41.4. The van der Waals surface area contributed by atoms with Crippen LogP contribution in [0.2, 0.25) is 0 Å². The lowest BCUT2D eigenvalue weighted by Crippen LogP contribution is -2.33. The fourth-order valence-corrected chi connectivity index (χ4v) is 3.61. The van der Waals surface area contributed by atoms with E-state index in [1.807, 2.05) is 0 Å². The summed E-state index contributed by atoms with van der Waals surface area (Å²) in [5, 5.41) is 12.8. The quantitative estimate of drug-likeness (QED) is 0.533. The number of nitrogens with zero attached hydrogens (tertiary/aromatic N) is 1. The van der Waals surface area contributed by atoms with E-state index in [1.54, 1.807) is 6.92 Å². The summed E-state index contributed by atoms with van der Waals surface area (Å²) in [6.07, 6.45) is -0.516. The van der Waals surface area contributed by atoms with Gasteiger partial charge < -0.3 is 15.2 Å². The van der Waals surface area contributed by atoms with Crippen LogP contribution in [0.1, 0.15) is 35.0 Å². The molecule has 0 saturated carbocycles. The van der Waals surface area contributed by atoms with Crippen molar-refractivity contribution in [3.8, 4) is 0 Å². The number of carbonyl (C=O) groups excluding carboxylic acids is 1. The van der Waals surface area contributed by atoms with E-state index in [-0.39, 0.29) is 24.9 Å². The molecule has 3 atom stereocenters. The molecule has 1 aliphatic heterocycles. The zero-order valence-corrected chi connectivity index (χ0v) is 16.7. The molecule has 10 nitrogen and oxygen atoms in total. The molecule has 0 radical (unpaired) electrons. The van der Waals surface area contributed by atoms with Crippen molar-refractivity contribution in [3.05, 3.63) is 62.4 Å². The molecule has 1 fully saturated rings. The van der Waals surface area contributed by atoms with Crippen molar-refractivity contribution in [3.63, 3.8) is 0 Å². The number of aryl methyl sites for hydroxylation is 1. The lowest BCUT2D eigenvalue weighted by molar-refractivity contribution is -0.0237. The van der Waals surface area contributed by atoms with Crippen molar-refractivity contribution >= 4 is 16.1 Å². The topological polar surface area (TPSA) is 148 Å². The number of benzene rings is 1. The fourth-order valence-electron chi connectivity index (χ4n) is 3.14. The molecule has 2 heterocycles. The van der Waals surface area contributed by atoms with Crippen molar-refractivity contribution in [2.24, 2.45) is 0 Å². The summed E-state index contributed by atoms with van der Waals surface area (Å²) in [6, 6.07) is 4.35. The van der Waals surface area contributed by atoms with Crippen LogP contribution >= 0.6 is 0 Å². The number of H-pyrrole nitrogens is 1. The molecule has 1 saturated heterocycles. The zero-order valence-electron chi connectivity index (χ0n) is 15.9. The molecule has 12 heteroatoms. The van der Waals surface area contributed by atoms with Crippen LogP contribution in [0.5, 0.6) is 0 Å². The first-order valence-corrected chi connectivity index (χ1v) is 10.4. The van der Waals surface area contributed by atoms with Gasteiger partial charge in [-0.05, 0) is 37.6 Å². The lowest BCUT2D eigenvalue weighted by Gasteiger charge is -2.16. The number of rotatable bonds is 6. The van der Waals surface area contributed by atoms with Gasteiger partial charge in [-0.2, -0.15) is 8.42 Å². The third kappa shape index (κ3) is 4.83. The molecular weight excluding hydrogens is 421 g/mol. The van der Waals surface area contributed by atoms with E-state index >= 15 is 0 Å². The number of halogens is 1. The van der Waals surface area contributed by atoms with Crippen molar-refractivity contribution in [1.82, 2.24) is 14.9 Å². The Bertz CT molecular complexity index is 1160. The maximum absolute atomic E-state index is 12.9. The minimum Gasteiger partial charge on any atom is -0.390 e. The Kier molecular flexibility index (Phi) is 6.19. The minimum atomic E-state index is -4.84. The molecule has 3 unspecified atom stereocenters. The number of aromatic nitrogens is 2. The molecule has 2 aromatic rings. The lowest BCUT2D eigenvalue weighted by atomic mass is 10.1. The summed E-state index contributed by atoms with van der Waals surface area (Å²) in [4.78, 5) is 37.2. The van der Waals surface area contributed by atoms with Crippen LogP contribution in [0.25, 0.3) is 0 Å². The highest BCUT2D eigenvalue weighted by Gasteiger charge is 2.35. The van der Waals surface area contributed by atoms with Crippen LogP contribution in [0.4, 0.5) is 3.89 Å². The van der Waals surface area contributed by atoms with Gasteiger partial charge in [0.2, 0.25) is 0 Å². The molecular formula is C18H20FN3O7S. The van der Waals surface area contributed by atoms with Gasteiger partial charge in [-0.1, -0.05) is 0 Å². The van der Waals surface area contributed by atoms with Crippen LogP contribution in [0.3, 0.4) is 0 Å². The van der Waals surface area contributed by atoms with Crippen LogP contribution in [-0.4, -0.2) is 47.7 Å². The van der Waals surface area contributed by atoms with Gasteiger partial charge in [0, 0.05) is 30.3 Å². The first-order chi connectivity index (χ1) is 14.1. The van der Waals surface area contributed by atoms with E-state index in [0.717, 1.165) is 12.1 Å². The predicted octanol–water partition coefficient (Wildman–Crippen LogP) is -0.0283. The number of amides is 1. The first kappa shape index (κ1) is 21.9. The number of aliphatic hydroxyl groups excluding tert-OH is 1. The average Bonchev–Trinajstić information content (AvgIpc) is 3.04. The Labute approximate surface area is 170 Å². The molecule has 0 aliphatic carbocycles. The third-order valence-electron chi connectivity index (χ3n) is 4.77. The number of carbonyl (C=O) groups is 1. The summed E-state index contributed by atoms with van der Waals surface area (Å²) in [7, 11) is -4.84. The van der Waals surface area contributed by atoms with Crippen LogP contribution in [0.15, 0.2) is 44.9 Å². The second-order valence-electron chi connectivity index (χ2n) is 6.92. The number of aliphatic hydroxyl groups is 1. The minimum absolute atomic E-state index is 0.135. The normalized spacial score (nSPS) is 21.5. The maximum Gasteiger partial charge on any atom is 0.332 e. The molecule has 3 rings (SSSR count). The van der Waals surface area contributed by atoms with Gasteiger partial charge in [0.1, 0.15) is 6.23 Å². The Morgan fingerprint density at radius 3 is 2.63 bits per heavy atom. The van der Waals surface area contributed by atoms with Crippen molar-refractivity contribution in [2.45, 2.75) is 43.1 Å². The molecule has 1 amide bonds. The first-order valence-electron chi connectivity index (χ1n) is 9.05. The second-order valence-corrected chi connectivity index (χ2v) is 8.26. The Balaban J connectivity index is 1.56. The van der Waals surface area contributed by atoms with Gasteiger partial charge in [-0.25, -0.2) is 4.79 Å². The van der Waals surface area contributed by atoms with E-state index in [2.05, 4.69) is 10.3 Å². The number of hydrogen-bond donors (Lipinski definition) is 3. The van der Waals surface area contributed by atoms with Gasteiger partial charge in [0.15, 0.2) is 0 Å². The molecule has 3 N–H and O–H groups in total. The van der Waals surface area contributed by atoms with Gasteiger partial charge in [0.25, 0.3) is 11.5 Å². The molecule has 30 heavy (non-hydrogen) atoms. The molecule has 162 valence electrons. The highest BCUT2D eigenvalue weighted by Crippen LogP contribution is 2.29. The maximum atomic E-state index is 12.9. The van der Waals surface area contributed by atoms with E-state index in [4.69, 9.17) is 4.74 Å². The Morgan fingerprint density at radius 2 is 2.00 bits per heavy atom. The van der Waals surface area contributed by atoms with Crippen molar-refractivity contribution in [2.75, 3.05) is 6.54 Å². The molecule has 0 spiro atoms. The largest absolute Gasteiger partial charge is 0.390 e. The van der Waals surface area contributed by atoms with Gasteiger partial charge in [0.05, 0.1) is 17.1 Å². The second kappa shape index (κ2) is 8.50. The van der Waals surface area contributed by atoms with E-state index in [0.29, 0.717) is 5.56 Å². The molecule has 1 aliphatic rings. The summed E-state index contributed by atoms with van der Waals surface area (Å²) in [5.41, 5.74) is -0.667. The van der Waals surface area contributed by atoms with Crippen molar-refractivity contribution < 1.29 is 26.9 Å². The van der Waals surface area contributed by atoms with Crippen LogP contribution < -0.4 is 16.6 Å². The smallest absolute Gasteiger partial charge is 0.332 e. The van der Waals surface area contributed by atoms with E-state index in [1.165, 1.54) is 22.9 Å². The standard InChI is InChI=1S/C18H20FN3O7S/c1-10-9-22(18(26)21-16(10)24)15-8-13(23)14(29-15)6-7-20-17(25)11-2-4-12(5-3-11)30(19,27)28/h2-5,9,13-15,23H,6-8H2,1H3,(H,20,25)(H,21,24,26). The van der Waals surface area contributed by atoms with Crippen molar-refractivity contribution in [1.29, 1.82) is 0 Å². The SMILES string of the molecule is Cc1cn(C2CC(O)C(CCNC(=O)c3ccc(S(=O)(=O)F)cc3)O2)c(=O)[nH]c1=O. The van der Waals surface area contributed by atoms with Gasteiger partial charge in [-0.15, -0.1) is 3.89 Å². The number of ether oxygens (including phenoxy) is 1. The summed E-state index contributed by atoms with van der Waals surface area (Å²) in [6.45, 7) is 1.68. The highest BCUT2D eigenvalue weighted by molar-refractivity contribution is 7.86. The van der Waals surface area contributed by atoms with Crippen LogP contribution in [0, 0.1) is 6.92 Å². The summed E-state index contributed by atoms with van der Waals surface area (Å²) >= 11 is 0. The fraction of sp³-hybridized carbons (Fsp3) is 0.389. The zero-order chi connectivity index (χ0) is 22.1. The predicted molar refractivity (Wildman–Crippen MR) is 102 cm³/mol.